The molecule has 1 heterocycles. The lowest BCUT2D eigenvalue weighted by molar-refractivity contribution is 0.0946. The number of carbonyl (C=O) groups excluding carboxylic acids is 1. The van der Waals surface area contributed by atoms with E-state index in [4.69, 9.17) is 5.73 Å². The molecule has 19 heavy (non-hydrogen) atoms. The highest BCUT2D eigenvalue weighted by Crippen LogP contribution is 2.26. The fraction of sp³-hybridized carbons (Fsp3) is 0.267. The molecule has 0 bridgehead atoms. The van der Waals surface area contributed by atoms with Gasteiger partial charge < -0.3 is 11.1 Å². The number of thiophene rings is 1. The van der Waals surface area contributed by atoms with Crippen molar-refractivity contribution in [1.29, 1.82) is 0 Å². The SMILES string of the molecule is CC(C)(CNC(=O)c1cccc(N)c1)c1cccs1. The molecule has 0 spiro atoms. The molecule has 2 aromatic rings. The lowest BCUT2D eigenvalue weighted by Crippen LogP contribution is -2.36. The summed E-state index contributed by atoms with van der Waals surface area (Å²) >= 11 is 1.71. The molecule has 0 saturated carbocycles. The van der Waals surface area contributed by atoms with Crippen molar-refractivity contribution in [2.45, 2.75) is 19.3 Å². The Bertz CT molecular complexity index is 561. The molecule has 1 aromatic heterocycles. The minimum Gasteiger partial charge on any atom is -0.399 e. The first kappa shape index (κ1) is 13.6. The monoisotopic (exact) mass is 274 g/mol. The molecule has 0 unspecified atom stereocenters. The summed E-state index contributed by atoms with van der Waals surface area (Å²) in [7, 11) is 0. The van der Waals surface area contributed by atoms with Gasteiger partial charge in [0.2, 0.25) is 0 Å². The second-order valence-corrected chi connectivity index (χ2v) is 6.12. The lowest BCUT2D eigenvalue weighted by Gasteiger charge is -2.23. The van der Waals surface area contributed by atoms with E-state index in [0.717, 1.165) is 0 Å². The lowest BCUT2D eigenvalue weighted by atomic mass is 9.91. The second kappa shape index (κ2) is 5.45. The number of benzene rings is 1. The van der Waals surface area contributed by atoms with Crippen molar-refractivity contribution in [3.63, 3.8) is 0 Å². The Kier molecular flexibility index (Phi) is 3.90. The van der Waals surface area contributed by atoms with Crippen molar-refractivity contribution in [2.24, 2.45) is 0 Å². The zero-order valence-electron chi connectivity index (χ0n) is 11.1. The van der Waals surface area contributed by atoms with Gasteiger partial charge in [0, 0.05) is 28.1 Å². The average Bonchev–Trinajstić information content (AvgIpc) is 2.90. The van der Waals surface area contributed by atoms with Gasteiger partial charge in [0.05, 0.1) is 0 Å². The maximum Gasteiger partial charge on any atom is 0.251 e. The molecule has 1 amide bonds. The maximum absolute atomic E-state index is 12.0. The Morgan fingerprint density at radius 3 is 2.74 bits per heavy atom. The second-order valence-electron chi connectivity index (χ2n) is 5.17. The van der Waals surface area contributed by atoms with Crippen LogP contribution in [0.25, 0.3) is 0 Å². The molecule has 3 N–H and O–H groups in total. The molecule has 100 valence electrons. The summed E-state index contributed by atoms with van der Waals surface area (Å²) in [5, 5.41) is 5.02. The van der Waals surface area contributed by atoms with E-state index in [2.05, 4.69) is 30.6 Å². The third-order valence-corrected chi connectivity index (χ3v) is 4.26. The van der Waals surface area contributed by atoms with Crippen LogP contribution >= 0.6 is 11.3 Å². The number of rotatable bonds is 4. The van der Waals surface area contributed by atoms with Crippen molar-refractivity contribution in [3.05, 3.63) is 52.2 Å². The fourth-order valence-corrected chi connectivity index (χ4v) is 2.69. The summed E-state index contributed by atoms with van der Waals surface area (Å²) in [4.78, 5) is 13.3. The Morgan fingerprint density at radius 1 is 1.32 bits per heavy atom. The third kappa shape index (κ3) is 3.35. The number of nitrogens with two attached hydrogens (primary N) is 1. The van der Waals surface area contributed by atoms with Crippen molar-refractivity contribution < 1.29 is 4.79 Å². The zero-order valence-corrected chi connectivity index (χ0v) is 12.0. The number of hydrogen-bond acceptors (Lipinski definition) is 3. The molecule has 1 aromatic carbocycles. The predicted molar refractivity (Wildman–Crippen MR) is 80.5 cm³/mol. The first-order chi connectivity index (χ1) is 8.99. The number of hydrogen-bond donors (Lipinski definition) is 2. The molecule has 0 radical (unpaired) electrons. The topological polar surface area (TPSA) is 55.1 Å². The Morgan fingerprint density at radius 2 is 2.11 bits per heavy atom. The van der Waals surface area contributed by atoms with Gasteiger partial charge in [-0.1, -0.05) is 26.0 Å². The van der Waals surface area contributed by atoms with Crippen LogP contribution in [0.1, 0.15) is 29.1 Å². The summed E-state index contributed by atoms with van der Waals surface area (Å²) in [6, 6.07) is 11.1. The van der Waals surface area contributed by atoms with Gasteiger partial charge >= 0.3 is 0 Å². The number of nitrogens with one attached hydrogen (secondary N) is 1. The molecule has 0 saturated heterocycles. The van der Waals surface area contributed by atoms with E-state index in [9.17, 15) is 4.79 Å². The van der Waals surface area contributed by atoms with Crippen LogP contribution in [0.2, 0.25) is 0 Å². The first-order valence-electron chi connectivity index (χ1n) is 6.17. The maximum atomic E-state index is 12.0. The normalized spacial score (nSPS) is 11.3. The number of nitrogen functional groups attached to an aromatic ring is 1. The van der Waals surface area contributed by atoms with Crippen LogP contribution in [0.4, 0.5) is 5.69 Å². The zero-order chi connectivity index (χ0) is 13.9. The van der Waals surface area contributed by atoms with Gasteiger partial charge in [-0.3, -0.25) is 4.79 Å². The summed E-state index contributed by atoms with van der Waals surface area (Å²) in [6.07, 6.45) is 0. The smallest absolute Gasteiger partial charge is 0.251 e. The van der Waals surface area contributed by atoms with E-state index in [-0.39, 0.29) is 11.3 Å². The Balaban J connectivity index is 2.01. The summed E-state index contributed by atoms with van der Waals surface area (Å²) in [5.41, 5.74) is 6.81. The number of anilines is 1. The molecule has 3 nitrogen and oxygen atoms in total. The summed E-state index contributed by atoms with van der Waals surface area (Å²) in [5.74, 6) is -0.0862. The standard InChI is InChI=1S/C15H18N2OS/c1-15(2,13-7-4-8-19-13)10-17-14(18)11-5-3-6-12(16)9-11/h3-9H,10,16H2,1-2H3,(H,17,18). The minimum atomic E-state index is -0.0862. The molecule has 4 heteroatoms. The van der Waals surface area contributed by atoms with E-state index in [1.807, 2.05) is 6.07 Å². The summed E-state index contributed by atoms with van der Waals surface area (Å²) in [6.45, 7) is 4.85. The molecular formula is C15H18N2OS. The molecule has 0 atom stereocenters. The van der Waals surface area contributed by atoms with Gasteiger partial charge in [-0.05, 0) is 29.6 Å². The highest BCUT2D eigenvalue weighted by Gasteiger charge is 2.22. The summed E-state index contributed by atoms with van der Waals surface area (Å²) < 4.78 is 0. The largest absolute Gasteiger partial charge is 0.399 e. The van der Waals surface area contributed by atoms with Gasteiger partial charge in [0.15, 0.2) is 0 Å². The van der Waals surface area contributed by atoms with Crippen molar-refractivity contribution >= 4 is 22.9 Å². The molecule has 0 aliphatic carbocycles. The van der Waals surface area contributed by atoms with Crippen LogP contribution in [0.15, 0.2) is 41.8 Å². The molecular weight excluding hydrogens is 256 g/mol. The van der Waals surface area contributed by atoms with Crippen LogP contribution in [0.5, 0.6) is 0 Å². The Labute approximate surface area is 117 Å². The van der Waals surface area contributed by atoms with Crippen molar-refractivity contribution in [1.82, 2.24) is 5.32 Å². The van der Waals surface area contributed by atoms with Crippen LogP contribution < -0.4 is 11.1 Å². The van der Waals surface area contributed by atoms with E-state index in [1.54, 1.807) is 35.6 Å². The molecule has 0 fully saturated rings. The molecule has 0 aliphatic rings. The minimum absolute atomic E-state index is 0.0653. The van der Waals surface area contributed by atoms with E-state index >= 15 is 0 Å². The van der Waals surface area contributed by atoms with E-state index in [1.165, 1.54) is 4.88 Å². The average molecular weight is 274 g/mol. The van der Waals surface area contributed by atoms with Crippen molar-refractivity contribution in [2.75, 3.05) is 12.3 Å². The van der Waals surface area contributed by atoms with Gasteiger partial charge in [0.1, 0.15) is 0 Å². The highest BCUT2D eigenvalue weighted by atomic mass is 32.1. The molecule has 0 aliphatic heterocycles. The predicted octanol–water partition coefficient (Wildman–Crippen LogP) is 3.04. The quantitative estimate of drug-likeness (QED) is 0.842. The Hall–Kier alpha value is -1.81. The van der Waals surface area contributed by atoms with Gasteiger partial charge in [-0.15, -0.1) is 11.3 Å². The van der Waals surface area contributed by atoms with E-state index in [0.29, 0.717) is 17.8 Å². The van der Waals surface area contributed by atoms with Crippen LogP contribution in [-0.4, -0.2) is 12.5 Å². The van der Waals surface area contributed by atoms with Crippen LogP contribution in [-0.2, 0) is 5.41 Å². The third-order valence-electron chi connectivity index (χ3n) is 3.03. The first-order valence-corrected chi connectivity index (χ1v) is 7.05. The van der Waals surface area contributed by atoms with Gasteiger partial charge in [0.25, 0.3) is 5.91 Å². The fourth-order valence-electron chi connectivity index (χ4n) is 1.83. The number of amides is 1. The van der Waals surface area contributed by atoms with Gasteiger partial charge in [-0.25, -0.2) is 0 Å². The van der Waals surface area contributed by atoms with E-state index < -0.39 is 0 Å². The van der Waals surface area contributed by atoms with Crippen LogP contribution in [0, 0.1) is 0 Å². The number of carbonyl (C=O) groups is 1. The van der Waals surface area contributed by atoms with Crippen molar-refractivity contribution in [3.8, 4) is 0 Å². The molecule has 2 rings (SSSR count). The van der Waals surface area contributed by atoms with Gasteiger partial charge in [-0.2, -0.15) is 0 Å². The highest BCUT2D eigenvalue weighted by molar-refractivity contribution is 7.10. The van der Waals surface area contributed by atoms with Crippen LogP contribution in [0.3, 0.4) is 0 Å².